The number of oxime groups is 1. The first-order valence-electron chi connectivity index (χ1n) is 6.05. The summed E-state index contributed by atoms with van der Waals surface area (Å²) in [5.74, 6) is 0. The second-order valence-corrected chi connectivity index (χ2v) is 7.66. The molecule has 1 aromatic carbocycles. The van der Waals surface area contributed by atoms with Gasteiger partial charge in [-0.2, -0.15) is 13.7 Å². The first-order chi connectivity index (χ1) is 10.4. The van der Waals surface area contributed by atoms with Gasteiger partial charge in [-0.3, -0.25) is 4.28 Å². The van der Waals surface area contributed by atoms with Crippen LogP contribution < -0.4 is 0 Å². The molecule has 22 heavy (non-hydrogen) atoms. The van der Waals surface area contributed by atoms with E-state index in [4.69, 9.17) is 0 Å². The monoisotopic (exact) mass is 352 g/mol. The Hall–Kier alpha value is -1.69. The topological polar surface area (TPSA) is 79.5 Å². The van der Waals surface area contributed by atoms with Crippen LogP contribution in [0.25, 0.3) is 5.57 Å². The second-order valence-electron chi connectivity index (χ2n) is 4.19. The highest BCUT2D eigenvalue weighted by Crippen LogP contribution is 2.36. The van der Waals surface area contributed by atoms with Crippen LogP contribution in [0.2, 0.25) is 0 Å². The molecule has 0 amide bonds. The molecule has 114 valence electrons. The summed E-state index contributed by atoms with van der Waals surface area (Å²) in [6.07, 6.45) is 6.21. The third kappa shape index (κ3) is 4.16. The summed E-state index contributed by atoms with van der Waals surface area (Å²) < 4.78 is 26.3. The minimum atomic E-state index is -3.64. The fourth-order valence-electron chi connectivity index (χ4n) is 1.71. The molecular weight excluding hydrogens is 340 g/mol. The molecule has 0 aliphatic carbocycles. The maximum absolute atomic E-state index is 10.9. The van der Waals surface area contributed by atoms with Crippen molar-refractivity contribution in [2.45, 2.75) is 4.90 Å². The minimum Gasteiger partial charge on any atom is -0.268 e. The molecule has 0 aromatic heterocycles. The molecule has 8 heteroatoms. The van der Waals surface area contributed by atoms with Gasteiger partial charge >= 0.3 is 10.1 Å². The number of hydrogen-bond acceptors (Lipinski definition) is 7. The quantitative estimate of drug-likeness (QED) is 0.470. The molecule has 0 radical (unpaired) electrons. The molecule has 2 rings (SSSR count). The molecule has 1 aromatic rings. The third-order valence-electron chi connectivity index (χ3n) is 2.59. The van der Waals surface area contributed by atoms with Gasteiger partial charge in [0, 0.05) is 15.4 Å². The van der Waals surface area contributed by atoms with Crippen molar-refractivity contribution in [1.82, 2.24) is 0 Å². The van der Waals surface area contributed by atoms with E-state index in [0.717, 1.165) is 16.7 Å². The maximum Gasteiger partial charge on any atom is 0.325 e. The lowest BCUT2D eigenvalue weighted by molar-refractivity contribution is 0.345. The average molecular weight is 352 g/mol. The van der Waals surface area contributed by atoms with Gasteiger partial charge in [-0.1, -0.05) is 35.1 Å². The lowest BCUT2D eigenvalue weighted by atomic mass is 10.1. The number of thioether (sulfide) groups is 2. The van der Waals surface area contributed by atoms with E-state index in [1.807, 2.05) is 30.5 Å². The highest BCUT2D eigenvalue weighted by Gasteiger charge is 2.18. The van der Waals surface area contributed by atoms with E-state index in [2.05, 4.69) is 15.5 Å². The van der Waals surface area contributed by atoms with Crippen LogP contribution in [0.15, 0.2) is 51.4 Å². The molecule has 0 unspecified atom stereocenters. The van der Waals surface area contributed by atoms with Crippen LogP contribution in [0.4, 0.5) is 0 Å². The van der Waals surface area contributed by atoms with Gasteiger partial charge in [0.2, 0.25) is 0 Å². The third-order valence-corrected chi connectivity index (χ3v) is 4.71. The van der Waals surface area contributed by atoms with Crippen molar-refractivity contribution < 1.29 is 12.7 Å². The van der Waals surface area contributed by atoms with Crippen molar-refractivity contribution in [1.29, 1.82) is 5.26 Å². The maximum atomic E-state index is 10.9. The second kappa shape index (κ2) is 7.05. The summed E-state index contributed by atoms with van der Waals surface area (Å²) in [4.78, 5) is 1.71. The summed E-state index contributed by atoms with van der Waals surface area (Å²) in [7, 11) is -3.64. The fraction of sp³-hybridized carbons (Fsp3) is 0.143. The fourth-order valence-corrected chi connectivity index (χ4v) is 3.41. The Kier molecular flexibility index (Phi) is 5.34. The molecule has 5 nitrogen and oxygen atoms in total. The van der Waals surface area contributed by atoms with E-state index in [1.165, 1.54) is 11.8 Å². The predicted molar refractivity (Wildman–Crippen MR) is 90.9 cm³/mol. The zero-order chi connectivity index (χ0) is 16.2. The van der Waals surface area contributed by atoms with Gasteiger partial charge in [-0.15, -0.1) is 11.8 Å². The normalized spacial score (nSPS) is 18.3. The Morgan fingerprint density at radius 2 is 2.09 bits per heavy atom. The van der Waals surface area contributed by atoms with Crippen LogP contribution in [0.1, 0.15) is 5.56 Å². The number of nitrogens with zero attached hydrogens (tertiary/aromatic N) is 2. The van der Waals surface area contributed by atoms with Crippen LogP contribution >= 0.6 is 23.5 Å². The largest absolute Gasteiger partial charge is 0.325 e. The van der Waals surface area contributed by atoms with Gasteiger partial charge in [0.05, 0.1) is 11.8 Å². The van der Waals surface area contributed by atoms with Gasteiger partial charge in [0.1, 0.15) is 11.1 Å². The first kappa shape index (κ1) is 16.7. The summed E-state index contributed by atoms with van der Waals surface area (Å²) in [6.45, 7) is 0. The van der Waals surface area contributed by atoms with Crippen LogP contribution in [-0.2, 0) is 14.4 Å². The highest BCUT2D eigenvalue weighted by atomic mass is 32.2. The molecule has 0 saturated heterocycles. The highest BCUT2D eigenvalue weighted by molar-refractivity contribution is 8.18. The number of hydrogen-bond donors (Lipinski definition) is 0. The molecule has 1 aliphatic heterocycles. The number of allylic oxidation sites excluding steroid dienone is 2. The summed E-state index contributed by atoms with van der Waals surface area (Å²) in [6, 6.07) is 9.83. The molecule has 0 bridgehead atoms. The molecule has 0 N–H and O–H groups in total. The minimum absolute atomic E-state index is 0.384. The molecule has 0 spiro atoms. The Bertz CT molecular complexity index is 818. The van der Waals surface area contributed by atoms with Crippen molar-refractivity contribution in [3.8, 4) is 6.07 Å². The van der Waals surface area contributed by atoms with Crippen LogP contribution in [0.5, 0.6) is 0 Å². The zero-order valence-electron chi connectivity index (χ0n) is 11.8. The van der Waals surface area contributed by atoms with Gasteiger partial charge in [0.25, 0.3) is 0 Å². The van der Waals surface area contributed by atoms with E-state index < -0.39 is 10.1 Å². The SMILES string of the molecule is CSc1ccccc1/C(C#N)=C1C=C/C(=N\OS(C)(=O)=O)S/1. The lowest BCUT2D eigenvalue weighted by Crippen LogP contribution is -1.98. The number of rotatable bonds is 4. The van der Waals surface area contributed by atoms with Gasteiger partial charge < -0.3 is 0 Å². The standard InChI is InChI=1S/C14H12N2O3S3/c1-20-12-6-4-3-5-10(12)11(9-15)13-7-8-14(21-13)16-19-22(2,17)18/h3-8H,1-2H3/b13-11-,16-14+. The Labute approximate surface area is 137 Å². The van der Waals surface area contributed by atoms with Crippen molar-refractivity contribution in [2.75, 3.05) is 12.5 Å². The summed E-state index contributed by atoms with van der Waals surface area (Å²) in [5, 5.41) is 13.4. The van der Waals surface area contributed by atoms with Crippen molar-refractivity contribution in [3.63, 3.8) is 0 Å². The van der Waals surface area contributed by atoms with Crippen molar-refractivity contribution in [2.24, 2.45) is 5.16 Å². The summed E-state index contributed by atoms with van der Waals surface area (Å²) in [5.41, 5.74) is 1.37. The van der Waals surface area contributed by atoms with Crippen LogP contribution in [-0.4, -0.2) is 26.0 Å². The molecule has 0 fully saturated rings. The predicted octanol–water partition coefficient (Wildman–Crippen LogP) is 3.24. The molecule has 1 heterocycles. The van der Waals surface area contributed by atoms with E-state index in [-0.39, 0.29) is 0 Å². The van der Waals surface area contributed by atoms with Gasteiger partial charge in [-0.05, 0) is 24.5 Å². The van der Waals surface area contributed by atoms with Crippen molar-refractivity contribution in [3.05, 3.63) is 46.9 Å². The smallest absolute Gasteiger partial charge is 0.268 e. The molecule has 0 saturated carbocycles. The number of benzene rings is 1. The zero-order valence-corrected chi connectivity index (χ0v) is 14.3. The van der Waals surface area contributed by atoms with Crippen molar-refractivity contribution >= 4 is 44.3 Å². The first-order valence-corrected chi connectivity index (χ1v) is 9.90. The summed E-state index contributed by atoms with van der Waals surface area (Å²) >= 11 is 2.75. The average Bonchev–Trinajstić information content (AvgIpc) is 2.94. The van der Waals surface area contributed by atoms with Crippen LogP contribution in [0, 0.1) is 11.3 Å². The Morgan fingerprint density at radius 3 is 2.73 bits per heavy atom. The van der Waals surface area contributed by atoms with E-state index in [9.17, 15) is 13.7 Å². The molecule has 1 aliphatic rings. The van der Waals surface area contributed by atoms with Gasteiger partial charge in [-0.25, -0.2) is 0 Å². The van der Waals surface area contributed by atoms with E-state index in [0.29, 0.717) is 15.5 Å². The Morgan fingerprint density at radius 1 is 1.36 bits per heavy atom. The lowest BCUT2D eigenvalue weighted by Gasteiger charge is -2.07. The van der Waals surface area contributed by atoms with E-state index >= 15 is 0 Å². The molecule has 0 atom stereocenters. The van der Waals surface area contributed by atoms with Crippen LogP contribution in [0.3, 0.4) is 0 Å². The Balaban J connectivity index is 2.35. The van der Waals surface area contributed by atoms with Gasteiger partial charge in [0.15, 0.2) is 0 Å². The van der Waals surface area contributed by atoms with E-state index in [1.54, 1.807) is 23.9 Å². The molecular formula is C14H12N2O3S3. The number of nitriles is 1.